The molecule has 0 N–H and O–H groups in total. The molecule has 96 valence electrons. The molecule has 17 heavy (non-hydrogen) atoms. The third-order valence-electron chi connectivity index (χ3n) is 3.37. The number of carboxylic acid groups (broad SMARTS) is 1. The molecular formula is C12H18NO4-. The second kappa shape index (κ2) is 3.62. The zero-order valence-electron chi connectivity index (χ0n) is 10.5. The number of nitrogens with zero attached hydrogens (tertiary/aromatic N) is 1. The van der Waals surface area contributed by atoms with Gasteiger partial charge in [-0.1, -0.05) is 0 Å². The molecule has 1 heterocycles. The topological polar surface area (TPSA) is 69.7 Å². The highest BCUT2D eigenvalue weighted by Crippen LogP contribution is 2.54. The van der Waals surface area contributed by atoms with Gasteiger partial charge in [0.2, 0.25) is 0 Å². The number of amides is 1. The van der Waals surface area contributed by atoms with Crippen LogP contribution in [-0.4, -0.2) is 35.2 Å². The highest BCUT2D eigenvalue weighted by Gasteiger charge is 2.54. The van der Waals surface area contributed by atoms with Crippen molar-refractivity contribution >= 4 is 12.1 Å². The van der Waals surface area contributed by atoms with E-state index in [1.54, 1.807) is 20.8 Å². The van der Waals surface area contributed by atoms with Crippen molar-refractivity contribution in [1.29, 1.82) is 0 Å². The molecule has 1 spiro atoms. The molecule has 1 saturated heterocycles. The van der Waals surface area contributed by atoms with E-state index in [0.717, 1.165) is 12.8 Å². The van der Waals surface area contributed by atoms with Crippen LogP contribution in [0.3, 0.4) is 0 Å². The molecule has 2 fully saturated rings. The van der Waals surface area contributed by atoms with Crippen LogP contribution in [0.15, 0.2) is 0 Å². The summed E-state index contributed by atoms with van der Waals surface area (Å²) in [6.07, 6.45) is 1.95. The first-order chi connectivity index (χ1) is 7.72. The molecule has 5 heteroatoms. The van der Waals surface area contributed by atoms with Crippen LogP contribution in [-0.2, 0) is 9.53 Å². The third-order valence-corrected chi connectivity index (χ3v) is 3.37. The molecule has 1 unspecified atom stereocenters. The normalized spacial score (nSPS) is 26.1. The number of hydrogen-bond donors (Lipinski definition) is 0. The zero-order valence-corrected chi connectivity index (χ0v) is 10.5. The van der Waals surface area contributed by atoms with Crippen LogP contribution in [0, 0.1) is 5.41 Å². The summed E-state index contributed by atoms with van der Waals surface area (Å²) >= 11 is 0. The van der Waals surface area contributed by atoms with E-state index in [9.17, 15) is 14.7 Å². The molecule has 1 amide bonds. The highest BCUT2D eigenvalue weighted by atomic mass is 16.6. The fourth-order valence-electron chi connectivity index (χ4n) is 2.32. The molecule has 0 aromatic heterocycles. The van der Waals surface area contributed by atoms with Crippen molar-refractivity contribution in [3.8, 4) is 0 Å². The Kier molecular flexibility index (Phi) is 2.60. The maximum atomic E-state index is 11.9. The molecule has 5 nitrogen and oxygen atoms in total. The summed E-state index contributed by atoms with van der Waals surface area (Å²) in [5.41, 5.74) is -0.575. The third kappa shape index (κ3) is 2.53. The molecule has 0 radical (unpaired) electrons. The summed E-state index contributed by atoms with van der Waals surface area (Å²) in [6, 6.07) is -0.827. The first kappa shape index (κ1) is 12.2. The van der Waals surface area contributed by atoms with E-state index in [0.29, 0.717) is 13.0 Å². The van der Waals surface area contributed by atoms with Crippen LogP contribution in [0.2, 0.25) is 0 Å². The van der Waals surface area contributed by atoms with Crippen molar-refractivity contribution in [2.24, 2.45) is 5.41 Å². The Balaban J connectivity index is 2.08. The van der Waals surface area contributed by atoms with Gasteiger partial charge >= 0.3 is 6.09 Å². The highest BCUT2D eigenvalue weighted by molar-refractivity contribution is 5.80. The van der Waals surface area contributed by atoms with Crippen LogP contribution in [0.1, 0.15) is 40.0 Å². The van der Waals surface area contributed by atoms with Crippen LogP contribution in [0.4, 0.5) is 4.79 Å². The van der Waals surface area contributed by atoms with Crippen LogP contribution in [0.5, 0.6) is 0 Å². The molecule has 2 rings (SSSR count). The Morgan fingerprint density at radius 1 is 1.35 bits per heavy atom. The van der Waals surface area contributed by atoms with E-state index in [1.807, 2.05) is 0 Å². The minimum absolute atomic E-state index is 0.0294. The van der Waals surface area contributed by atoms with E-state index in [-0.39, 0.29) is 5.41 Å². The van der Waals surface area contributed by atoms with Gasteiger partial charge in [0.25, 0.3) is 0 Å². The minimum Gasteiger partial charge on any atom is -0.548 e. The number of ether oxygens (including phenoxy) is 1. The summed E-state index contributed by atoms with van der Waals surface area (Å²) < 4.78 is 5.22. The second-order valence-corrected chi connectivity index (χ2v) is 6.15. The molecule has 1 atom stereocenters. The van der Waals surface area contributed by atoms with Gasteiger partial charge in [0.1, 0.15) is 5.60 Å². The van der Waals surface area contributed by atoms with Gasteiger partial charge in [-0.15, -0.1) is 0 Å². The van der Waals surface area contributed by atoms with E-state index in [4.69, 9.17) is 4.74 Å². The Labute approximate surface area is 101 Å². The Morgan fingerprint density at radius 3 is 2.35 bits per heavy atom. The quantitative estimate of drug-likeness (QED) is 0.670. The fourth-order valence-corrected chi connectivity index (χ4v) is 2.32. The van der Waals surface area contributed by atoms with Gasteiger partial charge in [0.15, 0.2) is 0 Å². The number of carbonyl (C=O) groups excluding carboxylic acids is 2. The SMILES string of the molecule is CC(C)(C)OC(=O)N1CC2(CC2)CC1C(=O)[O-]. The monoisotopic (exact) mass is 240 g/mol. The lowest BCUT2D eigenvalue weighted by Gasteiger charge is -2.28. The van der Waals surface area contributed by atoms with Gasteiger partial charge in [-0.25, -0.2) is 4.79 Å². The molecule has 0 aromatic rings. The predicted molar refractivity (Wildman–Crippen MR) is 58.0 cm³/mol. The fraction of sp³-hybridized carbons (Fsp3) is 0.833. The maximum Gasteiger partial charge on any atom is 0.410 e. The van der Waals surface area contributed by atoms with Gasteiger partial charge in [0.05, 0.1) is 12.0 Å². The predicted octanol–water partition coefficient (Wildman–Crippen LogP) is 0.526. The van der Waals surface area contributed by atoms with Gasteiger partial charge in [-0.05, 0) is 45.4 Å². The molecule has 2 aliphatic rings. The Hall–Kier alpha value is -1.26. The van der Waals surface area contributed by atoms with Crippen LogP contribution in [0.25, 0.3) is 0 Å². The first-order valence-electron chi connectivity index (χ1n) is 5.93. The van der Waals surface area contributed by atoms with Crippen molar-refractivity contribution in [3.05, 3.63) is 0 Å². The smallest absolute Gasteiger partial charge is 0.410 e. The molecule has 1 aliphatic heterocycles. The number of likely N-dealkylation sites (tertiary alicyclic amines) is 1. The number of aliphatic carboxylic acids is 1. The van der Waals surface area contributed by atoms with E-state index >= 15 is 0 Å². The van der Waals surface area contributed by atoms with Crippen molar-refractivity contribution in [2.45, 2.75) is 51.7 Å². The van der Waals surface area contributed by atoms with Gasteiger partial charge in [0, 0.05) is 6.54 Å². The maximum absolute atomic E-state index is 11.9. The van der Waals surface area contributed by atoms with E-state index in [2.05, 4.69) is 0 Å². The molecule has 0 bridgehead atoms. The summed E-state index contributed by atoms with van der Waals surface area (Å²) in [7, 11) is 0. The molecular weight excluding hydrogens is 222 g/mol. The largest absolute Gasteiger partial charge is 0.548 e. The van der Waals surface area contributed by atoms with Crippen molar-refractivity contribution < 1.29 is 19.4 Å². The lowest BCUT2D eigenvalue weighted by Crippen LogP contribution is -2.48. The van der Waals surface area contributed by atoms with E-state index in [1.165, 1.54) is 4.90 Å². The van der Waals surface area contributed by atoms with Crippen LogP contribution >= 0.6 is 0 Å². The van der Waals surface area contributed by atoms with Gasteiger partial charge in [-0.2, -0.15) is 0 Å². The number of carbonyl (C=O) groups is 2. The van der Waals surface area contributed by atoms with Gasteiger partial charge < -0.3 is 14.6 Å². The first-order valence-corrected chi connectivity index (χ1v) is 5.93. The lowest BCUT2D eigenvalue weighted by molar-refractivity contribution is -0.310. The number of hydrogen-bond acceptors (Lipinski definition) is 4. The van der Waals surface area contributed by atoms with Crippen molar-refractivity contribution in [2.75, 3.05) is 6.54 Å². The number of carboxylic acids is 1. The van der Waals surface area contributed by atoms with Gasteiger partial charge in [-0.3, -0.25) is 4.90 Å². The summed E-state index contributed by atoms with van der Waals surface area (Å²) in [6.45, 7) is 5.78. The Morgan fingerprint density at radius 2 is 1.94 bits per heavy atom. The summed E-state index contributed by atoms with van der Waals surface area (Å²) in [5, 5.41) is 11.0. The van der Waals surface area contributed by atoms with Crippen LogP contribution < -0.4 is 5.11 Å². The van der Waals surface area contributed by atoms with E-state index < -0.39 is 23.7 Å². The Bertz CT molecular complexity index is 354. The molecule has 1 saturated carbocycles. The average Bonchev–Trinajstić information content (AvgIpc) is 2.73. The standard InChI is InChI=1S/C12H19NO4/c1-11(2,3)17-10(16)13-7-12(4-5-12)6-8(13)9(14)15/h8H,4-7H2,1-3H3,(H,14,15)/p-1. The lowest BCUT2D eigenvalue weighted by atomic mass is 10.0. The van der Waals surface area contributed by atoms with Crippen molar-refractivity contribution in [3.63, 3.8) is 0 Å². The summed E-state index contributed by atoms with van der Waals surface area (Å²) in [5.74, 6) is -1.18. The number of rotatable bonds is 1. The zero-order chi connectivity index (χ0) is 12.8. The minimum atomic E-state index is -1.18. The molecule has 1 aliphatic carbocycles. The molecule has 0 aromatic carbocycles. The summed E-state index contributed by atoms with van der Waals surface area (Å²) in [4.78, 5) is 24.3. The second-order valence-electron chi connectivity index (χ2n) is 6.15. The average molecular weight is 240 g/mol. The van der Waals surface area contributed by atoms with Crippen molar-refractivity contribution in [1.82, 2.24) is 4.90 Å².